The van der Waals surface area contributed by atoms with E-state index in [-0.39, 0.29) is 4.60 Å². The summed E-state index contributed by atoms with van der Waals surface area (Å²) in [6, 6.07) is 0. The van der Waals surface area contributed by atoms with Crippen molar-refractivity contribution >= 4 is 26.0 Å². The topological polar surface area (TPSA) is 76.9 Å². The van der Waals surface area contributed by atoms with Crippen molar-refractivity contribution in [3.63, 3.8) is 0 Å². The first kappa shape index (κ1) is 13.4. The zero-order valence-corrected chi connectivity index (χ0v) is 10.2. The van der Waals surface area contributed by atoms with Crippen molar-refractivity contribution < 1.29 is 21.6 Å². The van der Waals surface area contributed by atoms with Crippen LogP contribution in [0.1, 0.15) is 0 Å². The molecule has 6 nitrogen and oxygen atoms in total. The highest BCUT2D eigenvalue weighted by molar-refractivity contribution is 9.10. The van der Waals surface area contributed by atoms with Gasteiger partial charge in [-0.05, 0) is 15.9 Å². The second kappa shape index (κ2) is 4.30. The molecule has 1 rings (SSSR count). The molecule has 92 valence electrons. The van der Waals surface area contributed by atoms with Gasteiger partial charge >= 0.3 is 6.18 Å². The summed E-state index contributed by atoms with van der Waals surface area (Å²) in [4.78, 5) is 0. The number of nitrogens with one attached hydrogen (secondary N) is 1. The molecule has 0 atom stereocenters. The highest BCUT2D eigenvalue weighted by Gasteiger charge is 2.32. The fourth-order valence-corrected chi connectivity index (χ4v) is 2.96. The molecule has 0 unspecified atom stereocenters. The quantitative estimate of drug-likeness (QED) is 0.875. The number of aryl methyl sites for hydroxylation is 1. The van der Waals surface area contributed by atoms with E-state index in [1.807, 2.05) is 0 Å². The van der Waals surface area contributed by atoms with Gasteiger partial charge in [0.05, 0.1) is 0 Å². The molecule has 1 N–H and O–H groups in total. The van der Waals surface area contributed by atoms with Crippen LogP contribution in [0, 0.1) is 0 Å². The van der Waals surface area contributed by atoms with E-state index in [0.29, 0.717) is 0 Å². The molecule has 1 aromatic rings. The maximum Gasteiger partial charge on any atom is 0.402 e. The van der Waals surface area contributed by atoms with Crippen molar-refractivity contribution in [2.24, 2.45) is 7.05 Å². The summed E-state index contributed by atoms with van der Waals surface area (Å²) in [7, 11) is -3.04. The first-order valence-corrected chi connectivity index (χ1v) is 6.03. The van der Waals surface area contributed by atoms with E-state index in [0.717, 1.165) is 4.68 Å². The second-order valence-electron chi connectivity index (χ2n) is 2.75. The fraction of sp³-hybridized carbons (Fsp3) is 0.600. The van der Waals surface area contributed by atoms with Crippen LogP contribution in [0.4, 0.5) is 13.2 Å². The lowest BCUT2D eigenvalue weighted by atomic mass is 10.7. The molecule has 0 fully saturated rings. The molecular formula is C5H6BrF3N4O2S. The summed E-state index contributed by atoms with van der Waals surface area (Å²) >= 11 is 2.78. The molecule has 0 aliphatic rings. The minimum Gasteiger partial charge on any atom is -0.235 e. The van der Waals surface area contributed by atoms with Crippen LogP contribution < -0.4 is 4.72 Å². The van der Waals surface area contributed by atoms with Crippen molar-refractivity contribution in [1.29, 1.82) is 0 Å². The second-order valence-corrected chi connectivity index (χ2v) is 5.18. The summed E-state index contributed by atoms with van der Waals surface area (Å²) in [5, 5.41) is 6.24. The van der Waals surface area contributed by atoms with Gasteiger partial charge in [0.1, 0.15) is 6.54 Å². The summed E-state index contributed by atoms with van der Waals surface area (Å²) < 4.78 is 60.5. The van der Waals surface area contributed by atoms with Crippen molar-refractivity contribution in [2.45, 2.75) is 11.2 Å². The van der Waals surface area contributed by atoms with E-state index in [2.05, 4.69) is 26.2 Å². The third-order valence-corrected chi connectivity index (χ3v) is 3.74. The number of alkyl halides is 3. The number of sulfonamides is 1. The molecule has 0 aliphatic carbocycles. The normalized spacial score (nSPS) is 13.1. The summed E-state index contributed by atoms with van der Waals surface area (Å²) in [6.07, 6.45) is -4.62. The van der Waals surface area contributed by atoms with Crippen LogP contribution in [0.15, 0.2) is 9.63 Å². The van der Waals surface area contributed by atoms with E-state index in [9.17, 15) is 21.6 Å². The van der Waals surface area contributed by atoms with E-state index in [1.165, 1.54) is 11.8 Å². The Morgan fingerprint density at radius 1 is 1.50 bits per heavy atom. The highest BCUT2D eigenvalue weighted by atomic mass is 79.9. The van der Waals surface area contributed by atoms with Gasteiger partial charge < -0.3 is 0 Å². The van der Waals surface area contributed by atoms with E-state index in [4.69, 9.17) is 0 Å². The monoisotopic (exact) mass is 322 g/mol. The van der Waals surface area contributed by atoms with Gasteiger partial charge in [-0.2, -0.15) is 13.2 Å². The predicted octanol–water partition coefficient (Wildman–Crippen LogP) is 0.418. The van der Waals surface area contributed by atoms with Gasteiger partial charge in [0.25, 0.3) is 10.0 Å². The van der Waals surface area contributed by atoms with Crippen molar-refractivity contribution in [3.05, 3.63) is 4.60 Å². The lowest BCUT2D eigenvalue weighted by molar-refractivity contribution is -0.121. The third kappa shape index (κ3) is 3.15. The fourth-order valence-electron chi connectivity index (χ4n) is 0.853. The molecule has 0 aliphatic heterocycles. The van der Waals surface area contributed by atoms with Crippen LogP contribution in [-0.2, 0) is 17.1 Å². The van der Waals surface area contributed by atoms with Gasteiger partial charge in [0.15, 0.2) is 4.60 Å². The van der Waals surface area contributed by atoms with Gasteiger partial charge in [-0.15, -0.1) is 5.10 Å². The number of hydrogen-bond donors (Lipinski definition) is 1. The average Bonchev–Trinajstić information content (AvgIpc) is 2.42. The van der Waals surface area contributed by atoms with Gasteiger partial charge in [-0.25, -0.2) is 17.8 Å². The van der Waals surface area contributed by atoms with Crippen molar-refractivity contribution in [2.75, 3.05) is 6.54 Å². The Morgan fingerprint density at radius 3 is 2.44 bits per heavy atom. The molecule has 0 amide bonds. The van der Waals surface area contributed by atoms with Crippen molar-refractivity contribution in [1.82, 2.24) is 19.7 Å². The van der Waals surface area contributed by atoms with E-state index in [1.54, 1.807) is 0 Å². The largest absolute Gasteiger partial charge is 0.402 e. The minimum atomic E-state index is -4.62. The third-order valence-electron chi connectivity index (χ3n) is 1.45. The summed E-state index contributed by atoms with van der Waals surface area (Å²) in [6.45, 7) is -1.65. The summed E-state index contributed by atoms with van der Waals surface area (Å²) in [5.74, 6) is 0. The summed E-state index contributed by atoms with van der Waals surface area (Å²) in [5.41, 5.74) is 0. The molecule has 16 heavy (non-hydrogen) atoms. The number of hydrogen-bond acceptors (Lipinski definition) is 4. The Bertz CT molecular complexity index is 463. The minimum absolute atomic E-state index is 0.148. The van der Waals surface area contributed by atoms with E-state index >= 15 is 0 Å². The molecule has 1 heterocycles. The smallest absolute Gasteiger partial charge is 0.235 e. The van der Waals surface area contributed by atoms with Crippen LogP contribution in [-0.4, -0.2) is 36.1 Å². The molecule has 1 aromatic heterocycles. The molecule has 0 bridgehead atoms. The van der Waals surface area contributed by atoms with Crippen LogP contribution in [0.5, 0.6) is 0 Å². The van der Waals surface area contributed by atoms with Crippen LogP contribution in [0.25, 0.3) is 0 Å². The highest BCUT2D eigenvalue weighted by Crippen LogP contribution is 2.19. The first-order chi connectivity index (χ1) is 7.13. The molecule has 0 saturated heterocycles. The Balaban J connectivity index is 2.96. The SMILES string of the molecule is Cn1nnc(Br)c1S(=O)(=O)NCC(F)(F)F. The Kier molecular flexibility index (Phi) is 3.59. The number of nitrogens with zero attached hydrogens (tertiary/aromatic N) is 3. The maximum atomic E-state index is 11.9. The van der Waals surface area contributed by atoms with Crippen LogP contribution in [0.2, 0.25) is 0 Å². The van der Waals surface area contributed by atoms with E-state index < -0.39 is 27.8 Å². The van der Waals surface area contributed by atoms with Crippen LogP contribution in [0.3, 0.4) is 0 Å². The zero-order valence-electron chi connectivity index (χ0n) is 7.79. The molecule has 0 spiro atoms. The standard InChI is InChI=1S/C5H6BrF3N4O2S/c1-13-4(3(6)11-12-13)16(14,15)10-2-5(7,8)9/h10H,2H2,1H3. The maximum absolute atomic E-state index is 11.9. The Labute approximate surface area is 97.0 Å². The lowest BCUT2D eigenvalue weighted by Crippen LogP contribution is -2.34. The van der Waals surface area contributed by atoms with Gasteiger partial charge in [0, 0.05) is 7.05 Å². The molecule has 0 aromatic carbocycles. The number of rotatable bonds is 3. The number of aromatic nitrogens is 3. The number of halogens is 4. The van der Waals surface area contributed by atoms with Gasteiger partial charge in [-0.1, -0.05) is 5.21 Å². The Morgan fingerprint density at radius 2 is 2.06 bits per heavy atom. The molecule has 11 heteroatoms. The Hall–Kier alpha value is -0.680. The molecule has 0 saturated carbocycles. The van der Waals surface area contributed by atoms with Gasteiger partial charge in [0.2, 0.25) is 5.03 Å². The van der Waals surface area contributed by atoms with Gasteiger partial charge in [-0.3, -0.25) is 0 Å². The predicted molar refractivity (Wildman–Crippen MR) is 49.9 cm³/mol. The first-order valence-electron chi connectivity index (χ1n) is 3.75. The van der Waals surface area contributed by atoms with Crippen LogP contribution >= 0.6 is 15.9 Å². The average molecular weight is 323 g/mol. The zero-order chi connectivity index (χ0) is 12.6. The lowest BCUT2D eigenvalue weighted by Gasteiger charge is -2.08. The molecular weight excluding hydrogens is 317 g/mol. The molecule has 0 radical (unpaired) electrons. The van der Waals surface area contributed by atoms with Crippen molar-refractivity contribution in [3.8, 4) is 0 Å².